The van der Waals surface area contributed by atoms with Crippen molar-refractivity contribution in [3.8, 4) is 5.75 Å². The van der Waals surface area contributed by atoms with Crippen LogP contribution in [0.5, 0.6) is 5.75 Å². The van der Waals surface area contributed by atoms with Gasteiger partial charge in [-0.15, -0.1) is 0 Å². The number of carbonyl (C=O) groups is 3. The Bertz CT molecular complexity index is 1120. The number of rotatable bonds is 9. The number of para-hydroxylation sites is 1. The molecule has 0 radical (unpaired) electrons. The van der Waals surface area contributed by atoms with Gasteiger partial charge in [0.25, 0.3) is 0 Å². The van der Waals surface area contributed by atoms with E-state index in [1.807, 2.05) is 37.3 Å². The van der Waals surface area contributed by atoms with Crippen LogP contribution in [0.3, 0.4) is 0 Å². The lowest BCUT2D eigenvalue weighted by molar-refractivity contribution is -0.143. The maximum Gasteiger partial charge on any atom is 0.408 e. The average Bonchev–Trinajstić information content (AvgIpc) is 3.56. The number of ether oxygens (including phenoxy) is 1. The monoisotopic (exact) mass is 527 g/mol. The van der Waals surface area contributed by atoms with Crippen LogP contribution in [0.25, 0.3) is 0 Å². The molecule has 0 saturated heterocycles. The summed E-state index contributed by atoms with van der Waals surface area (Å²) in [6, 6.07) is 12.2. The molecule has 0 aromatic heterocycles. The molecule has 200 valence electrons. The molecule has 37 heavy (non-hydrogen) atoms. The molecule has 0 heterocycles. The molecule has 3 amide bonds. The molecule has 3 rings (SSSR count). The molecular formula is C28H37N3O5S. The van der Waals surface area contributed by atoms with E-state index in [-0.39, 0.29) is 30.0 Å². The van der Waals surface area contributed by atoms with Crippen LogP contribution in [0.15, 0.2) is 48.5 Å². The number of nitrogens with one attached hydrogen (secondary N) is 2. The summed E-state index contributed by atoms with van der Waals surface area (Å²) in [6.45, 7) is 9.19. The summed E-state index contributed by atoms with van der Waals surface area (Å²) >= 11 is 4.31. The van der Waals surface area contributed by atoms with E-state index in [0.29, 0.717) is 17.5 Å². The lowest BCUT2D eigenvalue weighted by Gasteiger charge is -2.35. The molecule has 2 aromatic carbocycles. The standard InChI is InChI=1S/C28H37N3O5S/c1-17-10-9-13-20(24(17)32)23(25(33)29-15-19-11-7-6-8-12-19)31(22-14-18(22)2)26(34)21(16-37)30-27(35)36-28(3,4)5/h6-13,18,21-23,32,37H,14-16H2,1-5H3,(H,29,33)(H,30,35). The fraction of sp³-hybridized carbons (Fsp3) is 0.464. The van der Waals surface area contributed by atoms with Crippen LogP contribution in [0.2, 0.25) is 0 Å². The number of nitrogens with zero attached hydrogens (tertiary/aromatic N) is 1. The molecule has 0 bridgehead atoms. The van der Waals surface area contributed by atoms with Gasteiger partial charge < -0.3 is 25.4 Å². The molecule has 8 nitrogen and oxygen atoms in total. The van der Waals surface area contributed by atoms with Crippen LogP contribution in [-0.4, -0.2) is 51.4 Å². The van der Waals surface area contributed by atoms with Crippen molar-refractivity contribution in [3.63, 3.8) is 0 Å². The number of aryl methyl sites for hydroxylation is 1. The number of hydrogen-bond donors (Lipinski definition) is 4. The highest BCUT2D eigenvalue weighted by Gasteiger charge is 2.48. The second kappa shape index (κ2) is 11.9. The number of hydrogen-bond acceptors (Lipinski definition) is 6. The number of carbonyl (C=O) groups excluding carboxylic acids is 3. The van der Waals surface area contributed by atoms with Gasteiger partial charge in [0.1, 0.15) is 23.4 Å². The Morgan fingerprint density at radius 2 is 1.78 bits per heavy atom. The second-order valence-corrected chi connectivity index (χ2v) is 10.9. The van der Waals surface area contributed by atoms with E-state index < -0.39 is 35.6 Å². The first-order valence-electron chi connectivity index (χ1n) is 12.5. The molecule has 1 aliphatic carbocycles. The van der Waals surface area contributed by atoms with E-state index in [2.05, 4.69) is 23.3 Å². The molecule has 4 unspecified atom stereocenters. The Balaban J connectivity index is 1.97. The molecule has 1 saturated carbocycles. The van der Waals surface area contributed by atoms with Crippen molar-refractivity contribution in [1.29, 1.82) is 0 Å². The fourth-order valence-electron chi connectivity index (χ4n) is 4.19. The maximum atomic E-state index is 13.9. The first-order valence-corrected chi connectivity index (χ1v) is 13.1. The van der Waals surface area contributed by atoms with Crippen molar-refractivity contribution in [1.82, 2.24) is 15.5 Å². The van der Waals surface area contributed by atoms with Crippen molar-refractivity contribution >= 4 is 30.5 Å². The SMILES string of the molecule is Cc1cccc(C(C(=O)NCc2ccccc2)N(C(=O)C(CS)NC(=O)OC(C)(C)C)C2CC2C)c1O. The smallest absolute Gasteiger partial charge is 0.408 e. The third-order valence-electron chi connectivity index (χ3n) is 6.25. The number of thiol groups is 1. The molecule has 0 spiro atoms. The quantitative estimate of drug-likeness (QED) is 0.367. The minimum Gasteiger partial charge on any atom is -0.507 e. The van der Waals surface area contributed by atoms with E-state index in [4.69, 9.17) is 4.74 Å². The lowest BCUT2D eigenvalue weighted by Crippen LogP contribution is -2.54. The number of benzene rings is 2. The zero-order valence-electron chi connectivity index (χ0n) is 22.0. The van der Waals surface area contributed by atoms with Crippen LogP contribution >= 0.6 is 12.6 Å². The predicted molar refractivity (Wildman–Crippen MR) is 145 cm³/mol. The third-order valence-corrected chi connectivity index (χ3v) is 6.62. The van der Waals surface area contributed by atoms with E-state index in [0.717, 1.165) is 5.56 Å². The zero-order valence-corrected chi connectivity index (χ0v) is 22.9. The molecule has 9 heteroatoms. The molecule has 2 aromatic rings. The Morgan fingerprint density at radius 1 is 1.14 bits per heavy atom. The topological polar surface area (TPSA) is 108 Å². The Hall–Kier alpha value is -3.20. The van der Waals surface area contributed by atoms with Crippen LogP contribution in [0, 0.1) is 12.8 Å². The summed E-state index contributed by atoms with van der Waals surface area (Å²) in [5.41, 5.74) is 1.08. The zero-order chi connectivity index (χ0) is 27.3. The summed E-state index contributed by atoms with van der Waals surface area (Å²) in [6.07, 6.45) is -0.0424. The third kappa shape index (κ3) is 7.41. The summed E-state index contributed by atoms with van der Waals surface area (Å²) in [4.78, 5) is 41.7. The maximum absolute atomic E-state index is 13.9. The normalized spacial score (nSPS) is 18.3. The van der Waals surface area contributed by atoms with E-state index >= 15 is 0 Å². The number of phenols is 1. The summed E-state index contributed by atoms with van der Waals surface area (Å²) in [7, 11) is 0. The average molecular weight is 528 g/mol. The highest BCUT2D eigenvalue weighted by Crippen LogP contribution is 2.42. The summed E-state index contributed by atoms with van der Waals surface area (Å²) in [5.74, 6) is -0.768. The highest BCUT2D eigenvalue weighted by atomic mass is 32.1. The molecule has 4 atom stereocenters. The largest absolute Gasteiger partial charge is 0.507 e. The van der Waals surface area contributed by atoms with Gasteiger partial charge in [0.05, 0.1) is 0 Å². The molecule has 3 N–H and O–H groups in total. The lowest BCUT2D eigenvalue weighted by atomic mass is 9.99. The van der Waals surface area contributed by atoms with Gasteiger partial charge in [-0.3, -0.25) is 9.59 Å². The number of alkyl carbamates (subject to hydrolysis) is 1. The van der Waals surface area contributed by atoms with Gasteiger partial charge >= 0.3 is 6.09 Å². The van der Waals surface area contributed by atoms with Crippen LogP contribution in [0.1, 0.15) is 56.8 Å². The van der Waals surface area contributed by atoms with Crippen LogP contribution < -0.4 is 10.6 Å². The van der Waals surface area contributed by atoms with E-state index in [1.54, 1.807) is 45.9 Å². The van der Waals surface area contributed by atoms with Crippen molar-refractivity contribution in [2.75, 3.05) is 5.75 Å². The molecule has 0 aliphatic heterocycles. The molecule has 1 aliphatic rings. The Morgan fingerprint density at radius 3 is 2.35 bits per heavy atom. The molecule has 1 fully saturated rings. The van der Waals surface area contributed by atoms with E-state index in [9.17, 15) is 19.5 Å². The van der Waals surface area contributed by atoms with Crippen molar-refractivity contribution in [2.24, 2.45) is 5.92 Å². The second-order valence-electron chi connectivity index (χ2n) is 10.5. The number of phenolic OH excluding ortho intramolecular Hbond substituents is 1. The summed E-state index contributed by atoms with van der Waals surface area (Å²) in [5, 5.41) is 16.5. The van der Waals surface area contributed by atoms with Gasteiger partial charge in [0.15, 0.2) is 0 Å². The molecular weight excluding hydrogens is 490 g/mol. The Kier molecular flexibility index (Phi) is 9.12. The van der Waals surface area contributed by atoms with E-state index in [1.165, 1.54) is 4.90 Å². The highest BCUT2D eigenvalue weighted by molar-refractivity contribution is 7.80. The van der Waals surface area contributed by atoms with Gasteiger partial charge in [-0.25, -0.2) is 4.79 Å². The fourth-order valence-corrected chi connectivity index (χ4v) is 4.44. The number of amides is 3. The first-order chi connectivity index (χ1) is 17.4. The van der Waals surface area contributed by atoms with Crippen molar-refractivity contribution < 1.29 is 24.2 Å². The van der Waals surface area contributed by atoms with Crippen LogP contribution in [0.4, 0.5) is 4.79 Å². The number of aromatic hydroxyl groups is 1. The van der Waals surface area contributed by atoms with Crippen LogP contribution in [-0.2, 0) is 20.9 Å². The predicted octanol–water partition coefficient (Wildman–Crippen LogP) is 4.12. The Labute approximate surface area is 224 Å². The first kappa shape index (κ1) is 28.4. The minimum absolute atomic E-state index is 0.00777. The van der Waals surface area contributed by atoms with Gasteiger partial charge in [-0.05, 0) is 51.2 Å². The van der Waals surface area contributed by atoms with Crippen molar-refractivity contribution in [3.05, 3.63) is 65.2 Å². The van der Waals surface area contributed by atoms with Gasteiger partial charge in [-0.2, -0.15) is 12.6 Å². The van der Waals surface area contributed by atoms with Gasteiger partial charge in [0.2, 0.25) is 11.8 Å². The van der Waals surface area contributed by atoms with Crippen molar-refractivity contribution in [2.45, 2.75) is 71.3 Å². The summed E-state index contributed by atoms with van der Waals surface area (Å²) < 4.78 is 5.34. The van der Waals surface area contributed by atoms with Gasteiger partial charge in [0, 0.05) is 23.9 Å². The minimum atomic E-state index is -1.10. The van der Waals surface area contributed by atoms with Gasteiger partial charge in [-0.1, -0.05) is 55.5 Å².